The van der Waals surface area contributed by atoms with Crippen LogP contribution in [0.1, 0.15) is 19.5 Å². The van der Waals surface area contributed by atoms with Crippen molar-refractivity contribution in [2.24, 2.45) is 5.92 Å². The number of fused-ring (bicyclic) bond motifs is 3. The Morgan fingerprint density at radius 2 is 1.52 bits per heavy atom. The van der Waals surface area contributed by atoms with Crippen LogP contribution in [-0.4, -0.2) is 7.41 Å². The van der Waals surface area contributed by atoms with Crippen LogP contribution in [0.2, 0.25) is 6.82 Å². The number of aromatic nitrogens is 1. The van der Waals surface area contributed by atoms with Gasteiger partial charge in [0.1, 0.15) is 0 Å². The van der Waals surface area contributed by atoms with Gasteiger partial charge < -0.3 is 0 Å². The number of allylic oxidation sites excluding steroid dienone is 1. The van der Waals surface area contributed by atoms with Gasteiger partial charge in [0.05, 0.1) is 10.8 Å². The molecule has 0 saturated carbocycles. The van der Waals surface area contributed by atoms with E-state index in [-0.39, 0.29) is 0 Å². The number of para-hydroxylation sites is 1. The fraction of sp³-hybridized carbons (Fsp3) is 0.211. The van der Waals surface area contributed by atoms with E-state index in [1.807, 2.05) is 0 Å². The molecule has 1 nitrogen and oxygen atoms in total. The molecule has 0 aliphatic heterocycles. The van der Waals surface area contributed by atoms with Gasteiger partial charge in [-0.25, -0.2) is 0 Å². The summed E-state index contributed by atoms with van der Waals surface area (Å²) in [7, 11) is 2.15. The highest BCUT2D eigenvalue weighted by Crippen LogP contribution is 2.25. The average molecular weight is 273 g/mol. The zero-order valence-corrected chi connectivity index (χ0v) is 12.9. The van der Waals surface area contributed by atoms with Gasteiger partial charge in [0.25, 0.3) is 0 Å². The van der Waals surface area contributed by atoms with Crippen molar-refractivity contribution >= 4 is 35.2 Å². The molecule has 0 bridgehead atoms. The summed E-state index contributed by atoms with van der Waals surface area (Å²) in [4.78, 5) is 0. The molecule has 1 heterocycles. The van der Waals surface area contributed by atoms with Crippen molar-refractivity contribution in [3.05, 3.63) is 60.3 Å². The van der Waals surface area contributed by atoms with Crippen molar-refractivity contribution in [3.8, 4) is 0 Å². The SMILES string of the molecule is C[B][n+]1c(/C=C/C(C)C)c2ccccc2c2ccccc21. The van der Waals surface area contributed by atoms with E-state index in [0.717, 1.165) is 0 Å². The predicted octanol–water partition coefficient (Wildman–Crippen LogP) is 4.47. The van der Waals surface area contributed by atoms with Gasteiger partial charge in [-0.1, -0.05) is 50.3 Å². The number of hydrogen-bond acceptors (Lipinski definition) is 0. The minimum absolute atomic E-state index is 0.542. The minimum atomic E-state index is 0.542. The van der Waals surface area contributed by atoms with E-state index in [1.165, 1.54) is 27.4 Å². The van der Waals surface area contributed by atoms with Gasteiger partial charge in [-0.05, 0) is 24.9 Å². The van der Waals surface area contributed by atoms with Crippen LogP contribution in [0.4, 0.5) is 0 Å². The molecule has 0 fully saturated rings. The third-order valence-corrected chi connectivity index (χ3v) is 3.81. The van der Waals surface area contributed by atoms with Gasteiger partial charge in [0, 0.05) is 17.5 Å². The number of rotatable bonds is 3. The summed E-state index contributed by atoms with van der Waals surface area (Å²) in [5.74, 6) is 0.542. The standard InChI is InChI=1S/C19H20BN/c1-14(2)12-13-19-17-9-5-4-8-15(17)16-10-6-7-11-18(16)21(19)20-3/h4-14H,1-3H3/q+1/b13-12+. The maximum absolute atomic E-state index is 2.29. The zero-order valence-electron chi connectivity index (χ0n) is 12.9. The fourth-order valence-electron chi connectivity index (χ4n) is 2.84. The lowest BCUT2D eigenvalue weighted by atomic mass is 9.92. The van der Waals surface area contributed by atoms with Crippen molar-refractivity contribution in [2.45, 2.75) is 20.7 Å². The highest BCUT2D eigenvalue weighted by molar-refractivity contribution is 6.24. The lowest BCUT2D eigenvalue weighted by Gasteiger charge is -2.09. The molecule has 0 aliphatic carbocycles. The van der Waals surface area contributed by atoms with Crippen LogP contribution in [0.5, 0.6) is 0 Å². The van der Waals surface area contributed by atoms with Gasteiger partial charge in [-0.3, -0.25) is 4.48 Å². The molecule has 0 atom stereocenters. The van der Waals surface area contributed by atoms with Crippen molar-refractivity contribution in [3.63, 3.8) is 0 Å². The molecule has 3 rings (SSSR count). The van der Waals surface area contributed by atoms with E-state index in [1.54, 1.807) is 0 Å². The molecule has 21 heavy (non-hydrogen) atoms. The second kappa shape index (κ2) is 5.73. The second-order valence-corrected chi connectivity index (χ2v) is 5.68. The Bertz CT molecular complexity index is 818. The summed E-state index contributed by atoms with van der Waals surface area (Å²) in [5, 5.41) is 3.91. The summed E-state index contributed by atoms with van der Waals surface area (Å²) in [6.07, 6.45) is 4.51. The van der Waals surface area contributed by atoms with Crippen molar-refractivity contribution in [2.75, 3.05) is 0 Å². The Labute approximate surface area is 127 Å². The number of nitrogens with zero attached hydrogens (tertiary/aromatic N) is 1. The summed E-state index contributed by atoms with van der Waals surface area (Å²) in [6, 6.07) is 17.3. The maximum atomic E-state index is 2.29. The molecule has 1 aromatic heterocycles. The first-order valence-corrected chi connectivity index (χ1v) is 7.55. The lowest BCUT2D eigenvalue weighted by Crippen LogP contribution is -2.42. The Morgan fingerprint density at radius 1 is 0.905 bits per heavy atom. The normalized spacial score (nSPS) is 11.8. The van der Waals surface area contributed by atoms with E-state index < -0.39 is 0 Å². The molecule has 0 unspecified atom stereocenters. The van der Waals surface area contributed by atoms with Gasteiger partial charge >= 0.3 is 7.41 Å². The highest BCUT2D eigenvalue weighted by Gasteiger charge is 2.18. The lowest BCUT2D eigenvalue weighted by molar-refractivity contribution is -0.499. The van der Waals surface area contributed by atoms with Gasteiger partial charge in [0.2, 0.25) is 0 Å². The summed E-state index contributed by atoms with van der Waals surface area (Å²) in [5.41, 5.74) is 2.50. The average Bonchev–Trinajstić information content (AvgIpc) is 2.52. The zero-order chi connectivity index (χ0) is 14.8. The molecule has 2 aromatic carbocycles. The summed E-state index contributed by atoms with van der Waals surface area (Å²) >= 11 is 0. The topological polar surface area (TPSA) is 3.88 Å². The van der Waals surface area contributed by atoms with E-state index >= 15 is 0 Å². The maximum Gasteiger partial charge on any atom is 0.536 e. The van der Waals surface area contributed by atoms with E-state index in [2.05, 4.69) is 93.2 Å². The molecule has 3 aromatic rings. The molecule has 0 amide bonds. The monoisotopic (exact) mass is 273 g/mol. The van der Waals surface area contributed by atoms with Crippen LogP contribution in [0.15, 0.2) is 54.6 Å². The quantitative estimate of drug-likeness (QED) is 0.490. The number of pyridine rings is 1. The first-order chi connectivity index (χ1) is 10.2. The molecule has 0 saturated heterocycles. The number of benzene rings is 2. The van der Waals surface area contributed by atoms with Gasteiger partial charge in [0.15, 0.2) is 11.2 Å². The van der Waals surface area contributed by atoms with Gasteiger partial charge in [-0.2, -0.15) is 0 Å². The van der Waals surface area contributed by atoms with E-state index in [4.69, 9.17) is 0 Å². The van der Waals surface area contributed by atoms with Crippen molar-refractivity contribution < 1.29 is 4.48 Å². The largest absolute Gasteiger partial charge is 0.536 e. The van der Waals surface area contributed by atoms with E-state index in [0.29, 0.717) is 5.92 Å². The molecular formula is C19H20BN+. The molecule has 2 heteroatoms. The minimum Gasteiger partial charge on any atom is -0.278 e. The first-order valence-electron chi connectivity index (χ1n) is 7.55. The van der Waals surface area contributed by atoms with Crippen LogP contribution in [-0.2, 0) is 0 Å². The van der Waals surface area contributed by atoms with Crippen LogP contribution in [0.25, 0.3) is 27.8 Å². The second-order valence-electron chi connectivity index (χ2n) is 5.68. The Balaban J connectivity index is 2.46. The Morgan fingerprint density at radius 3 is 2.19 bits per heavy atom. The third-order valence-electron chi connectivity index (χ3n) is 3.81. The molecule has 0 aliphatic rings. The van der Waals surface area contributed by atoms with Crippen molar-refractivity contribution in [1.29, 1.82) is 0 Å². The van der Waals surface area contributed by atoms with E-state index in [9.17, 15) is 0 Å². The van der Waals surface area contributed by atoms with Crippen LogP contribution in [0.3, 0.4) is 0 Å². The molecule has 1 radical (unpaired) electrons. The highest BCUT2D eigenvalue weighted by atomic mass is 14.9. The van der Waals surface area contributed by atoms with Gasteiger partial charge in [-0.15, -0.1) is 0 Å². The van der Waals surface area contributed by atoms with Crippen molar-refractivity contribution in [1.82, 2.24) is 0 Å². The molecule has 0 N–H and O–H groups in total. The van der Waals surface area contributed by atoms with Crippen LogP contribution in [0, 0.1) is 5.92 Å². The molecule has 0 spiro atoms. The Hall–Kier alpha value is -2.09. The Kier molecular flexibility index (Phi) is 3.79. The summed E-state index contributed by atoms with van der Waals surface area (Å²) in [6.45, 7) is 6.51. The predicted molar refractivity (Wildman–Crippen MR) is 92.5 cm³/mol. The van der Waals surface area contributed by atoms with Crippen LogP contribution < -0.4 is 4.48 Å². The smallest absolute Gasteiger partial charge is 0.278 e. The third kappa shape index (κ3) is 2.46. The molecule has 103 valence electrons. The van der Waals surface area contributed by atoms with Crippen LogP contribution >= 0.6 is 0 Å². The number of hydrogen-bond donors (Lipinski definition) is 0. The fourth-order valence-corrected chi connectivity index (χ4v) is 2.84. The summed E-state index contributed by atoms with van der Waals surface area (Å²) < 4.78 is 2.29. The first kappa shape index (κ1) is 13.9. The molecular weight excluding hydrogens is 253 g/mol.